The van der Waals surface area contributed by atoms with E-state index in [1.807, 2.05) is 0 Å². The summed E-state index contributed by atoms with van der Waals surface area (Å²) in [5.74, 6) is -0.968. The number of rotatable bonds is 33. The molecule has 2 N–H and O–H groups in total. The van der Waals surface area contributed by atoms with Gasteiger partial charge in [-0.3, -0.25) is 14.1 Å². The molecule has 0 aliphatic carbocycles. The van der Waals surface area contributed by atoms with Crippen LogP contribution in [-0.4, -0.2) is 41.0 Å². The minimum absolute atomic E-state index is 0.152. The van der Waals surface area contributed by atoms with Crippen molar-refractivity contribution in [2.24, 2.45) is 0 Å². The number of hydrogen-bond acceptors (Lipinski definition) is 6. The first-order chi connectivity index (χ1) is 24.3. The van der Waals surface area contributed by atoms with Gasteiger partial charge in [0.25, 0.3) is 0 Å². The quantitative estimate of drug-likeness (QED) is 0.0298. The van der Waals surface area contributed by atoms with Crippen molar-refractivity contribution in [3.05, 3.63) is 85.1 Å². The van der Waals surface area contributed by atoms with Crippen LogP contribution < -0.4 is 0 Å². The Kier molecular flexibility index (Phi) is 34.0. The number of hydrogen-bond donors (Lipinski definition) is 2. The molecule has 0 aliphatic rings. The number of unbranched alkanes of at least 4 members (excludes halogenated alkanes) is 9. The van der Waals surface area contributed by atoms with Gasteiger partial charge >= 0.3 is 19.8 Å². The molecule has 0 spiro atoms. The molecule has 50 heavy (non-hydrogen) atoms. The summed E-state index contributed by atoms with van der Waals surface area (Å²) in [7, 11) is -4.77. The summed E-state index contributed by atoms with van der Waals surface area (Å²) in [4.78, 5) is 42.7. The standard InChI is InChI=1S/C41H67O8P/c1-3-5-7-9-11-13-15-17-19-20-22-23-25-27-29-31-33-35-40(42)47-37-39(38-48-50(44,45)46)49-41(43)36-34-32-30-28-26-24-21-18-16-14-12-10-8-6-4-2/h5,7,11-14,17-19,21-23,26,28,39H,3-4,6,8-10,15-16,20,24-25,27,29-38H2,1-2H3,(H2,44,45,46)/b7-5-,13-11-,14-12-,19-17-,21-18-,23-22-,28-26-/t39-/m1/s1. The summed E-state index contributed by atoms with van der Waals surface area (Å²) in [5.41, 5.74) is 0. The van der Waals surface area contributed by atoms with Crippen molar-refractivity contribution >= 4 is 19.8 Å². The van der Waals surface area contributed by atoms with Gasteiger partial charge in [-0.05, 0) is 89.9 Å². The summed E-state index contributed by atoms with van der Waals surface area (Å²) in [6, 6.07) is 0. The molecule has 9 heteroatoms. The zero-order valence-electron chi connectivity index (χ0n) is 31.0. The lowest BCUT2D eigenvalue weighted by Gasteiger charge is -2.18. The Bertz CT molecular complexity index is 1080. The Morgan fingerprint density at radius 1 is 0.540 bits per heavy atom. The van der Waals surface area contributed by atoms with Crippen LogP contribution in [0.5, 0.6) is 0 Å². The van der Waals surface area contributed by atoms with Gasteiger partial charge in [-0.2, -0.15) is 0 Å². The minimum Gasteiger partial charge on any atom is -0.462 e. The molecule has 0 fully saturated rings. The zero-order chi connectivity index (χ0) is 36.8. The van der Waals surface area contributed by atoms with Crippen molar-refractivity contribution in [1.82, 2.24) is 0 Å². The second kappa shape index (κ2) is 36.0. The van der Waals surface area contributed by atoms with Gasteiger partial charge in [-0.25, -0.2) is 4.57 Å². The van der Waals surface area contributed by atoms with Crippen molar-refractivity contribution in [3.63, 3.8) is 0 Å². The molecule has 284 valence electrons. The molecule has 0 rings (SSSR count). The Morgan fingerprint density at radius 2 is 0.960 bits per heavy atom. The Morgan fingerprint density at radius 3 is 1.46 bits per heavy atom. The molecule has 0 heterocycles. The minimum atomic E-state index is -4.77. The maximum absolute atomic E-state index is 12.3. The van der Waals surface area contributed by atoms with Gasteiger partial charge in [0.15, 0.2) is 6.10 Å². The lowest BCUT2D eigenvalue weighted by Crippen LogP contribution is -2.29. The lowest BCUT2D eigenvalue weighted by atomic mass is 10.1. The van der Waals surface area contributed by atoms with E-state index in [0.29, 0.717) is 12.8 Å². The fourth-order valence-electron chi connectivity index (χ4n) is 4.60. The van der Waals surface area contributed by atoms with Crippen LogP contribution in [0.1, 0.15) is 142 Å². The van der Waals surface area contributed by atoms with Gasteiger partial charge in [0, 0.05) is 12.8 Å². The third-order valence-corrected chi connectivity index (χ3v) is 7.88. The van der Waals surface area contributed by atoms with E-state index in [2.05, 4.69) is 103 Å². The molecule has 0 aromatic rings. The van der Waals surface area contributed by atoms with E-state index in [4.69, 9.17) is 19.3 Å². The smallest absolute Gasteiger partial charge is 0.462 e. The Labute approximate surface area is 303 Å². The third-order valence-electron chi connectivity index (χ3n) is 7.40. The van der Waals surface area contributed by atoms with Crippen molar-refractivity contribution in [2.75, 3.05) is 13.2 Å². The molecule has 8 nitrogen and oxygen atoms in total. The number of ether oxygens (including phenoxy) is 2. The van der Waals surface area contributed by atoms with Crippen molar-refractivity contribution in [2.45, 2.75) is 148 Å². The van der Waals surface area contributed by atoms with E-state index >= 15 is 0 Å². The summed E-state index contributed by atoms with van der Waals surface area (Å²) in [6.07, 6.45) is 47.3. The highest BCUT2D eigenvalue weighted by molar-refractivity contribution is 7.46. The first-order valence-corrected chi connectivity index (χ1v) is 20.4. The van der Waals surface area contributed by atoms with E-state index in [1.54, 1.807) is 0 Å². The first-order valence-electron chi connectivity index (χ1n) is 18.9. The van der Waals surface area contributed by atoms with Gasteiger partial charge in [0.1, 0.15) is 6.61 Å². The van der Waals surface area contributed by atoms with Crippen LogP contribution >= 0.6 is 7.82 Å². The lowest BCUT2D eigenvalue weighted by molar-refractivity contribution is -0.161. The van der Waals surface area contributed by atoms with Crippen LogP contribution in [-0.2, 0) is 28.2 Å². The number of carbonyl (C=O) groups is 2. The van der Waals surface area contributed by atoms with Crippen molar-refractivity contribution in [3.8, 4) is 0 Å². The molecule has 0 amide bonds. The topological polar surface area (TPSA) is 119 Å². The Balaban J connectivity index is 4.11. The molecule has 0 saturated carbocycles. The van der Waals surface area contributed by atoms with Gasteiger partial charge < -0.3 is 19.3 Å². The second-order valence-electron chi connectivity index (χ2n) is 12.2. The highest BCUT2D eigenvalue weighted by Crippen LogP contribution is 2.35. The predicted octanol–water partition coefficient (Wildman–Crippen LogP) is 11.3. The van der Waals surface area contributed by atoms with Crippen LogP contribution in [0.2, 0.25) is 0 Å². The second-order valence-corrected chi connectivity index (χ2v) is 13.4. The largest absolute Gasteiger partial charge is 0.469 e. The van der Waals surface area contributed by atoms with Gasteiger partial charge in [-0.15, -0.1) is 0 Å². The summed E-state index contributed by atoms with van der Waals surface area (Å²) < 4.78 is 26.3. The molecular weight excluding hydrogens is 651 g/mol. The predicted molar refractivity (Wildman–Crippen MR) is 207 cm³/mol. The average molecular weight is 719 g/mol. The number of phosphoric ester groups is 1. The maximum Gasteiger partial charge on any atom is 0.469 e. The number of allylic oxidation sites excluding steroid dienone is 14. The van der Waals surface area contributed by atoms with E-state index in [1.165, 1.54) is 19.3 Å². The van der Waals surface area contributed by atoms with E-state index in [-0.39, 0.29) is 19.4 Å². The first kappa shape index (κ1) is 47.2. The summed E-state index contributed by atoms with van der Waals surface area (Å²) in [6.45, 7) is 3.46. The molecule has 0 unspecified atom stereocenters. The van der Waals surface area contributed by atoms with Gasteiger partial charge in [0.05, 0.1) is 6.61 Å². The Hall–Kier alpha value is -2.77. The fraction of sp³-hybridized carbons (Fsp3) is 0.610. The van der Waals surface area contributed by atoms with Crippen LogP contribution in [0, 0.1) is 0 Å². The molecule has 0 radical (unpaired) electrons. The average Bonchev–Trinajstić information content (AvgIpc) is 3.08. The molecule has 0 bridgehead atoms. The van der Waals surface area contributed by atoms with E-state index < -0.39 is 32.5 Å². The number of carbonyl (C=O) groups excluding carboxylic acids is 2. The van der Waals surface area contributed by atoms with Gasteiger partial charge in [0.2, 0.25) is 0 Å². The van der Waals surface area contributed by atoms with Crippen LogP contribution in [0.15, 0.2) is 85.1 Å². The number of phosphoric acid groups is 1. The molecule has 0 aromatic carbocycles. The van der Waals surface area contributed by atoms with Crippen molar-refractivity contribution in [1.29, 1.82) is 0 Å². The number of esters is 2. The van der Waals surface area contributed by atoms with Crippen LogP contribution in [0.4, 0.5) is 0 Å². The maximum atomic E-state index is 12.3. The van der Waals surface area contributed by atoms with Crippen LogP contribution in [0.25, 0.3) is 0 Å². The molecule has 0 saturated heterocycles. The van der Waals surface area contributed by atoms with Crippen LogP contribution in [0.3, 0.4) is 0 Å². The SMILES string of the molecule is CC/C=C\C/C=C\C/C=C\C/C=C\CCCCCCC(=O)OC[C@H](COP(=O)(O)O)OC(=O)CCCC/C=C\C/C=C\C/C=C\CCCCC. The third kappa shape index (κ3) is 38.0. The summed E-state index contributed by atoms with van der Waals surface area (Å²) >= 11 is 0. The molecule has 0 aromatic heterocycles. The molecular formula is C41H67O8P. The fourth-order valence-corrected chi connectivity index (χ4v) is 4.96. The highest BCUT2D eigenvalue weighted by atomic mass is 31.2. The van der Waals surface area contributed by atoms with Gasteiger partial charge in [-0.1, -0.05) is 125 Å². The highest BCUT2D eigenvalue weighted by Gasteiger charge is 2.22. The monoisotopic (exact) mass is 718 g/mol. The van der Waals surface area contributed by atoms with E-state index in [9.17, 15) is 14.2 Å². The zero-order valence-corrected chi connectivity index (χ0v) is 31.9. The molecule has 0 aliphatic heterocycles. The van der Waals surface area contributed by atoms with E-state index in [0.717, 1.165) is 83.5 Å². The van der Waals surface area contributed by atoms with Crippen molar-refractivity contribution < 1.29 is 37.9 Å². The normalized spacial score (nSPS) is 13.4. The molecule has 1 atom stereocenters. The summed E-state index contributed by atoms with van der Waals surface area (Å²) in [5, 5.41) is 0.